The van der Waals surface area contributed by atoms with Crippen LogP contribution in [-0.2, 0) is 14.6 Å². The molecule has 1 heterocycles. The van der Waals surface area contributed by atoms with E-state index in [9.17, 15) is 8.42 Å². The summed E-state index contributed by atoms with van der Waals surface area (Å²) in [5, 5.41) is 6.44. The first-order chi connectivity index (χ1) is 12.9. The van der Waals surface area contributed by atoms with E-state index < -0.39 is 9.84 Å². The Morgan fingerprint density at radius 1 is 1.18 bits per heavy atom. The first kappa shape index (κ1) is 25.1. The summed E-state index contributed by atoms with van der Waals surface area (Å²) < 4.78 is 30.1. The molecule has 0 radical (unpaired) electrons. The Hall–Kier alpha value is -0.910. The van der Waals surface area contributed by atoms with Gasteiger partial charge in [0.05, 0.1) is 23.9 Å². The molecule has 0 saturated carbocycles. The lowest BCUT2D eigenvalue weighted by Crippen LogP contribution is -2.52. The third-order valence-electron chi connectivity index (χ3n) is 4.75. The van der Waals surface area contributed by atoms with E-state index in [2.05, 4.69) is 34.4 Å². The maximum absolute atomic E-state index is 12.3. The molecule has 160 valence electrons. The van der Waals surface area contributed by atoms with E-state index in [1.165, 1.54) is 0 Å². The summed E-state index contributed by atoms with van der Waals surface area (Å²) >= 11 is 0. The second kappa shape index (κ2) is 12.6. The third-order valence-corrected chi connectivity index (χ3v) is 6.48. The number of halogens is 1. The van der Waals surface area contributed by atoms with Gasteiger partial charge in [-0.15, -0.1) is 24.0 Å². The highest BCUT2D eigenvalue weighted by atomic mass is 127. The van der Waals surface area contributed by atoms with Crippen LogP contribution in [0.15, 0.2) is 40.2 Å². The van der Waals surface area contributed by atoms with Crippen molar-refractivity contribution in [1.82, 2.24) is 15.5 Å². The van der Waals surface area contributed by atoms with Crippen LogP contribution in [0, 0.1) is 5.92 Å². The number of rotatable bonds is 8. The van der Waals surface area contributed by atoms with Gasteiger partial charge in [0.15, 0.2) is 15.8 Å². The van der Waals surface area contributed by atoms with E-state index in [1.54, 1.807) is 31.3 Å². The number of nitrogens with one attached hydrogen (secondary N) is 2. The summed E-state index contributed by atoms with van der Waals surface area (Å²) in [6, 6.07) is 8.90. The molecular formula is C19H33IN4O3S. The lowest BCUT2D eigenvalue weighted by molar-refractivity contribution is 0.00752. The van der Waals surface area contributed by atoms with Crippen LogP contribution in [-0.4, -0.2) is 77.5 Å². The van der Waals surface area contributed by atoms with Gasteiger partial charge in [-0.2, -0.15) is 0 Å². The molecule has 1 atom stereocenters. The van der Waals surface area contributed by atoms with Crippen LogP contribution < -0.4 is 10.6 Å². The topological polar surface area (TPSA) is 83.0 Å². The van der Waals surface area contributed by atoms with Crippen molar-refractivity contribution in [2.75, 3.05) is 52.2 Å². The Morgan fingerprint density at radius 2 is 1.82 bits per heavy atom. The summed E-state index contributed by atoms with van der Waals surface area (Å²) in [7, 11) is -1.60. The number of sulfone groups is 1. The number of ether oxygens (including phenoxy) is 1. The van der Waals surface area contributed by atoms with E-state index in [4.69, 9.17) is 4.74 Å². The quantitative estimate of drug-likeness (QED) is 0.306. The van der Waals surface area contributed by atoms with E-state index in [0.29, 0.717) is 29.4 Å². The highest BCUT2D eigenvalue weighted by molar-refractivity contribution is 14.0. The molecular weight excluding hydrogens is 491 g/mol. The summed E-state index contributed by atoms with van der Waals surface area (Å²) in [5.41, 5.74) is 0. The van der Waals surface area contributed by atoms with Gasteiger partial charge in [0.1, 0.15) is 0 Å². The van der Waals surface area contributed by atoms with E-state index in [0.717, 1.165) is 32.8 Å². The molecule has 0 aliphatic carbocycles. The Morgan fingerprint density at radius 3 is 2.39 bits per heavy atom. The SMILES string of the molecule is CN=C(NCCS(=O)(=O)c1ccccc1)NCC(C(C)C)N1CCOCC1.I. The van der Waals surface area contributed by atoms with Crippen LogP contribution in [0.5, 0.6) is 0 Å². The fourth-order valence-electron chi connectivity index (χ4n) is 3.17. The van der Waals surface area contributed by atoms with Crippen LogP contribution in [0.25, 0.3) is 0 Å². The molecule has 1 saturated heterocycles. The lowest BCUT2D eigenvalue weighted by Gasteiger charge is -2.37. The molecule has 1 aliphatic rings. The molecule has 2 rings (SSSR count). The average Bonchev–Trinajstić information content (AvgIpc) is 2.68. The zero-order valence-corrected chi connectivity index (χ0v) is 20.1. The number of nitrogens with zero attached hydrogens (tertiary/aromatic N) is 2. The van der Waals surface area contributed by atoms with Crippen LogP contribution in [0.2, 0.25) is 0 Å². The van der Waals surface area contributed by atoms with Crippen molar-refractivity contribution in [3.05, 3.63) is 30.3 Å². The summed E-state index contributed by atoms with van der Waals surface area (Å²) in [6.45, 7) is 8.90. The predicted octanol–water partition coefficient (Wildman–Crippen LogP) is 1.60. The molecule has 0 amide bonds. The fourth-order valence-corrected chi connectivity index (χ4v) is 4.35. The second-order valence-electron chi connectivity index (χ2n) is 6.97. The molecule has 0 bridgehead atoms. The third kappa shape index (κ3) is 7.84. The van der Waals surface area contributed by atoms with Gasteiger partial charge in [-0.3, -0.25) is 9.89 Å². The van der Waals surface area contributed by atoms with Crippen LogP contribution >= 0.6 is 24.0 Å². The van der Waals surface area contributed by atoms with Crippen molar-refractivity contribution in [2.24, 2.45) is 10.9 Å². The zero-order chi connectivity index (χ0) is 19.7. The van der Waals surface area contributed by atoms with Gasteiger partial charge in [0.25, 0.3) is 0 Å². The van der Waals surface area contributed by atoms with Gasteiger partial charge < -0.3 is 15.4 Å². The molecule has 1 fully saturated rings. The lowest BCUT2D eigenvalue weighted by atomic mass is 10.0. The van der Waals surface area contributed by atoms with Crippen LogP contribution in [0.4, 0.5) is 0 Å². The molecule has 28 heavy (non-hydrogen) atoms. The Balaban J connectivity index is 0.00000392. The Labute approximate surface area is 186 Å². The molecule has 1 aromatic rings. The summed E-state index contributed by atoms with van der Waals surface area (Å²) in [6.07, 6.45) is 0. The van der Waals surface area contributed by atoms with Crippen LogP contribution in [0.1, 0.15) is 13.8 Å². The van der Waals surface area contributed by atoms with Gasteiger partial charge in [0, 0.05) is 39.3 Å². The molecule has 1 aliphatic heterocycles. The minimum absolute atomic E-state index is 0. The zero-order valence-electron chi connectivity index (χ0n) is 16.9. The molecule has 1 aromatic carbocycles. The van der Waals surface area contributed by atoms with Crippen molar-refractivity contribution >= 4 is 39.8 Å². The smallest absolute Gasteiger partial charge is 0.191 e. The van der Waals surface area contributed by atoms with E-state index >= 15 is 0 Å². The maximum Gasteiger partial charge on any atom is 0.191 e. The van der Waals surface area contributed by atoms with E-state index in [-0.39, 0.29) is 29.7 Å². The number of hydrogen-bond acceptors (Lipinski definition) is 5. The van der Waals surface area contributed by atoms with Gasteiger partial charge >= 0.3 is 0 Å². The Bertz CT molecular complexity index is 692. The Kier molecular flexibility index (Phi) is 11.3. The molecule has 2 N–H and O–H groups in total. The van der Waals surface area contributed by atoms with Crippen molar-refractivity contribution in [3.63, 3.8) is 0 Å². The predicted molar refractivity (Wildman–Crippen MR) is 124 cm³/mol. The molecule has 9 heteroatoms. The first-order valence-electron chi connectivity index (χ1n) is 9.48. The number of guanidine groups is 1. The van der Waals surface area contributed by atoms with Gasteiger partial charge in [-0.1, -0.05) is 32.0 Å². The van der Waals surface area contributed by atoms with Crippen molar-refractivity contribution in [1.29, 1.82) is 0 Å². The monoisotopic (exact) mass is 524 g/mol. The normalized spacial score (nSPS) is 17.1. The fraction of sp³-hybridized carbons (Fsp3) is 0.632. The van der Waals surface area contributed by atoms with E-state index in [1.807, 2.05) is 6.07 Å². The van der Waals surface area contributed by atoms with Crippen LogP contribution in [0.3, 0.4) is 0 Å². The molecule has 7 nitrogen and oxygen atoms in total. The van der Waals surface area contributed by atoms with Crippen molar-refractivity contribution in [3.8, 4) is 0 Å². The van der Waals surface area contributed by atoms with Gasteiger partial charge in [-0.05, 0) is 18.1 Å². The number of morpholine rings is 1. The average molecular weight is 524 g/mol. The van der Waals surface area contributed by atoms with Crippen molar-refractivity contribution in [2.45, 2.75) is 24.8 Å². The van der Waals surface area contributed by atoms with Gasteiger partial charge in [0.2, 0.25) is 0 Å². The summed E-state index contributed by atoms with van der Waals surface area (Å²) in [5.74, 6) is 1.14. The highest BCUT2D eigenvalue weighted by Crippen LogP contribution is 2.12. The number of aliphatic imine (C=N–C) groups is 1. The number of benzene rings is 1. The van der Waals surface area contributed by atoms with Crippen molar-refractivity contribution < 1.29 is 13.2 Å². The maximum atomic E-state index is 12.3. The highest BCUT2D eigenvalue weighted by Gasteiger charge is 2.24. The number of hydrogen-bond donors (Lipinski definition) is 2. The minimum atomic E-state index is -3.29. The summed E-state index contributed by atoms with van der Waals surface area (Å²) in [4.78, 5) is 7.00. The van der Waals surface area contributed by atoms with Gasteiger partial charge in [-0.25, -0.2) is 8.42 Å². The standard InChI is InChI=1S/C19H32N4O3S.HI/c1-16(2)18(23-10-12-26-13-11-23)15-22-19(20-3)21-9-14-27(24,25)17-7-5-4-6-8-17;/h4-8,16,18H,9-15H2,1-3H3,(H2,20,21,22);1H. The molecule has 0 aromatic heterocycles. The largest absolute Gasteiger partial charge is 0.379 e. The minimum Gasteiger partial charge on any atom is -0.379 e. The molecule has 0 spiro atoms. The first-order valence-corrected chi connectivity index (χ1v) is 11.1. The molecule has 1 unspecified atom stereocenters. The second-order valence-corrected chi connectivity index (χ2v) is 9.08.